The van der Waals surface area contributed by atoms with E-state index in [1.165, 1.54) is 7.11 Å². The van der Waals surface area contributed by atoms with E-state index >= 15 is 0 Å². The highest BCUT2D eigenvalue weighted by Crippen LogP contribution is 2.41. The van der Waals surface area contributed by atoms with E-state index in [0.29, 0.717) is 23.0 Å². The lowest BCUT2D eigenvalue weighted by molar-refractivity contribution is 0.0600. The summed E-state index contributed by atoms with van der Waals surface area (Å²) < 4.78 is 11.1. The zero-order chi connectivity index (χ0) is 23.5. The summed E-state index contributed by atoms with van der Waals surface area (Å²) in [7, 11) is 1.36. The Kier molecular flexibility index (Phi) is 6.05. The molecular formula is C26H22N4O3S. The molecular weight excluding hydrogens is 448 g/mol. The van der Waals surface area contributed by atoms with Gasteiger partial charge in [-0.05, 0) is 60.7 Å². The summed E-state index contributed by atoms with van der Waals surface area (Å²) >= 11 is 5.72. The molecule has 0 spiro atoms. The van der Waals surface area contributed by atoms with Crippen LogP contribution in [0.4, 0.5) is 0 Å². The van der Waals surface area contributed by atoms with Crippen LogP contribution in [0.25, 0.3) is 11.3 Å². The van der Waals surface area contributed by atoms with Gasteiger partial charge in [0.2, 0.25) is 0 Å². The number of methoxy groups -OCH3 is 1. The number of rotatable bonds is 6. The van der Waals surface area contributed by atoms with Gasteiger partial charge >= 0.3 is 5.97 Å². The highest BCUT2D eigenvalue weighted by Gasteiger charge is 2.41. The summed E-state index contributed by atoms with van der Waals surface area (Å²) in [5.41, 5.74) is 3.13. The Balaban J connectivity index is 1.49. The van der Waals surface area contributed by atoms with Crippen molar-refractivity contribution < 1.29 is 13.9 Å². The number of benzene rings is 1. The SMILES string of the molecule is COC(=O)c1ccc(-c2ccc([C@H]3[C@@H](c4ccccn4)NC(=S)N3Cc3ccccn3)o2)cc1. The molecule has 1 saturated heterocycles. The van der Waals surface area contributed by atoms with Gasteiger partial charge < -0.3 is 19.4 Å². The summed E-state index contributed by atoms with van der Waals surface area (Å²) in [6.07, 6.45) is 3.55. The van der Waals surface area contributed by atoms with E-state index in [4.69, 9.17) is 21.4 Å². The van der Waals surface area contributed by atoms with Gasteiger partial charge in [-0.15, -0.1) is 0 Å². The number of esters is 1. The molecule has 4 heterocycles. The zero-order valence-corrected chi connectivity index (χ0v) is 19.2. The van der Waals surface area contributed by atoms with Crippen molar-refractivity contribution in [1.82, 2.24) is 20.2 Å². The Labute approximate surface area is 202 Å². The first-order valence-corrected chi connectivity index (χ1v) is 11.2. The monoisotopic (exact) mass is 470 g/mol. The van der Waals surface area contributed by atoms with Crippen LogP contribution in [0, 0.1) is 0 Å². The molecule has 0 unspecified atom stereocenters. The van der Waals surface area contributed by atoms with Gasteiger partial charge in [-0.3, -0.25) is 9.97 Å². The summed E-state index contributed by atoms with van der Waals surface area (Å²) in [4.78, 5) is 22.9. The predicted octanol–water partition coefficient (Wildman–Crippen LogP) is 4.70. The molecule has 34 heavy (non-hydrogen) atoms. The molecule has 0 radical (unpaired) electrons. The van der Waals surface area contributed by atoms with Crippen LogP contribution in [-0.4, -0.2) is 33.1 Å². The van der Waals surface area contributed by atoms with E-state index in [2.05, 4.69) is 20.2 Å². The maximum absolute atomic E-state index is 11.7. The van der Waals surface area contributed by atoms with Crippen LogP contribution in [0.5, 0.6) is 0 Å². The molecule has 1 N–H and O–H groups in total. The van der Waals surface area contributed by atoms with Crippen LogP contribution in [0.1, 0.15) is 39.6 Å². The Morgan fingerprint density at radius 1 is 1.03 bits per heavy atom. The second-order valence-electron chi connectivity index (χ2n) is 7.85. The van der Waals surface area contributed by atoms with E-state index in [1.54, 1.807) is 24.5 Å². The van der Waals surface area contributed by atoms with Crippen molar-refractivity contribution in [1.29, 1.82) is 0 Å². The van der Waals surface area contributed by atoms with E-state index in [0.717, 1.165) is 22.7 Å². The van der Waals surface area contributed by atoms with Crippen molar-refractivity contribution >= 4 is 23.3 Å². The molecule has 1 aromatic carbocycles. The standard InChI is InChI=1S/C26H22N4O3S/c1-32-25(31)18-10-8-17(9-11-18)21-12-13-22(33-21)24-23(20-7-3-5-15-28-20)29-26(34)30(24)16-19-6-2-4-14-27-19/h2-15,23-24H,16H2,1H3,(H,29,34)/t23-,24+/m1/s1. The lowest BCUT2D eigenvalue weighted by Gasteiger charge is -2.25. The molecule has 4 aromatic rings. The number of carbonyl (C=O) groups is 1. The van der Waals surface area contributed by atoms with Crippen molar-refractivity contribution in [2.75, 3.05) is 7.11 Å². The predicted molar refractivity (Wildman–Crippen MR) is 131 cm³/mol. The first-order chi connectivity index (χ1) is 16.6. The highest BCUT2D eigenvalue weighted by atomic mass is 32.1. The maximum Gasteiger partial charge on any atom is 0.337 e. The van der Waals surface area contributed by atoms with E-state index in [9.17, 15) is 4.79 Å². The van der Waals surface area contributed by atoms with Gasteiger partial charge in [0, 0.05) is 18.0 Å². The molecule has 7 nitrogen and oxygen atoms in total. The van der Waals surface area contributed by atoms with E-state index < -0.39 is 0 Å². The van der Waals surface area contributed by atoms with Crippen LogP contribution >= 0.6 is 12.2 Å². The van der Waals surface area contributed by atoms with Crippen molar-refractivity contribution in [3.63, 3.8) is 0 Å². The molecule has 0 saturated carbocycles. The number of hydrogen-bond acceptors (Lipinski definition) is 6. The Hall–Kier alpha value is -4.04. The minimum Gasteiger partial charge on any atom is -0.465 e. The summed E-state index contributed by atoms with van der Waals surface area (Å²) in [6.45, 7) is 0.532. The molecule has 1 fully saturated rings. The van der Waals surface area contributed by atoms with E-state index in [-0.39, 0.29) is 18.1 Å². The molecule has 1 aliphatic rings. The fourth-order valence-corrected chi connectivity index (χ4v) is 4.41. The number of thiocarbonyl (C=S) groups is 1. The molecule has 3 aromatic heterocycles. The summed E-state index contributed by atoms with van der Waals surface area (Å²) in [5, 5.41) is 4.04. The normalized spacial score (nSPS) is 17.4. The molecule has 5 rings (SSSR count). The summed E-state index contributed by atoms with van der Waals surface area (Å²) in [5.74, 6) is 1.08. The van der Waals surface area contributed by atoms with Gasteiger partial charge in [0.05, 0.1) is 36.6 Å². The molecule has 0 amide bonds. The number of nitrogens with one attached hydrogen (secondary N) is 1. The smallest absolute Gasteiger partial charge is 0.337 e. The molecule has 8 heteroatoms. The van der Waals surface area contributed by atoms with Gasteiger partial charge in [-0.25, -0.2) is 4.79 Å². The Morgan fingerprint density at radius 3 is 2.47 bits per heavy atom. The van der Waals surface area contributed by atoms with Crippen LogP contribution in [0.3, 0.4) is 0 Å². The molecule has 170 valence electrons. The molecule has 2 atom stereocenters. The first kappa shape index (κ1) is 21.8. The van der Waals surface area contributed by atoms with Gasteiger partial charge in [0.1, 0.15) is 17.6 Å². The Morgan fingerprint density at radius 2 is 1.79 bits per heavy atom. The zero-order valence-electron chi connectivity index (χ0n) is 18.4. The number of aromatic nitrogens is 2. The third kappa shape index (κ3) is 4.27. The minimum absolute atomic E-state index is 0.182. The average Bonchev–Trinajstić information content (AvgIpc) is 3.50. The van der Waals surface area contributed by atoms with Gasteiger partial charge in [-0.2, -0.15) is 0 Å². The summed E-state index contributed by atoms with van der Waals surface area (Å²) in [6, 6.07) is 22.3. The molecule has 0 aliphatic carbocycles. The fraction of sp³-hybridized carbons (Fsp3) is 0.154. The number of nitrogens with zero attached hydrogens (tertiary/aromatic N) is 3. The highest BCUT2D eigenvalue weighted by molar-refractivity contribution is 7.80. The fourth-order valence-electron chi connectivity index (χ4n) is 4.11. The average molecular weight is 471 g/mol. The van der Waals surface area contributed by atoms with Crippen LogP contribution < -0.4 is 5.32 Å². The van der Waals surface area contributed by atoms with Crippen molar-refractivity contribution in [3.8, 4) is 11.3 Å². The quantitative estimate of drug-likeness (QED) is 0.321. The van der Waals surface area contributed by atoms with Crippen molar-refractivity contribution in [3.05, 3.63) is 108 Å². The molecule has 0 bridgehead atoms. The van der Waals surface area contributed by atoms with Crippen LogP contribution in [0.15, 0.2) is 89.6 Å². The van der Waals surface area contributed by atoms with Gasteiger partial charge in [-0.1, -0.05) is 24.3 Å². The number of furan rings is 1. The lowest BCUT2D eigenvalue weighted by Crippen LogP contribution is -2.29. The van der Waals surface area contributed by atoms with E-state index in [1.807, 2.05) is 60.7 Å². The third-order valence-electron chi connectivity index (χ3n) is 5.77. The number of hydrogen-bond donors (Lipinski definition) is 1. The van der Waals surface area contributed by atoms with Crippen LogP contribution in [0.2, 0.25) is 0 Å². The number of ether oxygens (including phenoxy) is 1. The van der Waals surface area contributed by atoms with Gasteiger partial charge in [0.15, 0.2) is 5.11 Å². The number of pyridine rings is 2. The topological polar surface area (TPSA) is 80.5 Å². The second kappa shape index (κ2) is 9.44. The van der Waals surface area contributed by atoms with Gasteiger partial charge in [0.25, 0.3) is 0 Å². The Bertz CT molecular complexity index is 1290. The van der Waals surface area contributed by atoms with Crippen molar-refractivity contribution in [2.24, 2.45) is 0 Å². The van der Waals surface area contributed by atoms with Crippen LogP contribution in [-0.2, 0) is 11.3 Å². The first-order valence-electron chi connectivity index (χ1n) is 10.8. The lowest BCUT2D eigenvalue weighted by atomic mass is 10.0. The maximum atomic E-state index is 11.7. The largest absolute Gasteiger partial charge is 0.465 e. The van der Waals surface area contributed by atoms with Crippen molar-refractivity contribution in [2.45, 2.75) is 18.6 Å². The number of carbonyl (C=O) groups excluding carboxylic acids is 1. The molecule has 1 aliphatic heterocycles. The third-order valence-corrected chi connectivity index (χ3v) is 6.12. The minimum atomic E-state index is -0.374. The second-order valence-corrected chi connectivity index (χ2v) is 8.23.